The average Bonchev–Trinajstić information content (AvgIpc) is 3.75. The molecule has 1 radical (unpaired) electrons. The fraction of sp³-hybridized carbons (Fsp3) is 0.108. The Morgan fingerprint density at radius 3 is 1.65 bits per heavy atom. The Bertz CT molecular complexity index is 1540. The Hall–Kier alpha value is -4.38. The number of nitrogens with zero attached hydrogens (tertiary/aromatic N) is 5. The number of unbranched alkanes of at least 4 members (excludes halogenated alkanes) is 1. The molecule has 7 rings (SSSR count). The Kier molecular flexibility index (Phi) is 10.6. The van der Waals surface area contributed by atoms with Gasteiger partial charge in [-0.15, -0.1) is 47.3 Å². The van der Waals surface area contributed by atoms with Crippen LogP contribution in [0, 0.1) is 31.5 Å². The number of fused-ring (bicyclic) bond motifs is 1. The summed E-state index contributed by atoms with van der Waals surface area (Å²) in [6, 6.07) is 44.0. The van der Waals surface area contributed by atoms with Crippen molar-refractivity contribution in [2.24, 2.45) is 0 Å². The van der Waals surface area contributed by atoms with E-state index in [4.69, 9.17) is 0 Å². The molecule has 1 aromatic heterocycles. The van der Waals surface area contributed by atoms with Crippen molar-refractivity contribution in [2.45, 2.75) is 12.8 Å². The third kappa shape index (κ3) is 8.13. The predicted octanol–water partition coefficient (Wildman–Crippen LogP) is 7.89. The fourth-order valence-corrected chi connectivity index (χ4v) is 4.80. The van der Waals surface area contributed by atoms with E-state index in [-0.39, 0.29) is 20.1 Å². The number of para-hydroxylation sites is 2. The molecule has 0 spiro atoms. The summed E-state index contributed by atoms with van der Waals surface area (Å²) in [5.41, 5.74) is 4.15. The molecule has 0 bridgehead atoms. The van der Waals surface area contributed by atoms with Crippen LogP contribution in [0.15, 0.2) is 134 Å². The van der Waals surface area contributed by atoms with E-state index in [2.05, 4.69) is 111 Å². The van der Waals surface area contributed by atoms with E-state index in [1.54, 1.807) is 0 Å². The Labute approximate surface area is 268 Å². The maximum atomic E-state index is 4.45. The summed E-state index contributed by atoms with van der Waals surface area (Å²) in [5, 5.41) is 2.38. The average molecular weight is 739 g/mol. The fourth-order valence-electron chi connectivity index (χ4n) is 4.80. The molecule has 4 aromatic carbocycles. The third-order valence-electron chi connectivity index (χ3n) is 7.02. The van der Waals surface area contributed by atoms with Crippen LogP contribution < -0.4 is 9.80 Å². The minimum atomic E-state index is 0. The maximum Gasteiger partial charge on any atom is 0.0239 e. The van der Waals surface area contributed by atoms with Gasteiger partial charge >= 0.3 is 0 Å². The Morgan fingerprint density at radius 1 is 0.581 bits per heavy atom. The molecule has 3 heterocycles. The maximum absolute atomic E-state index is 4.45. The first kappa shape index (κ1) is 30.1. The third-order valence-corrected chi connectivity index (χ3v) is 7.02. The van der Waals surface area contributed by atoms with Crippen molar-refractivity contribution in [3.63, 3.8) is 0 Å². The van der Waals surface area contributed by atoms with Gasteiger partial charge in [0.25, 0.3) is 0 Å². The molecule has 2 aliphatic rings. The first-order chi connectivity index (χ1) is 20.8. The molecule has 0 saturated carbocycles. The number of hydrogen-bond donors (Lipinski definition) is 0. The topological polar surface area (TPSA) is 25.9 Å². The van der Waals surface area contributed by atoms with Gasteiger partial charge in [0.05, 0.1) is 0 Å². The second kappa shape index (κ2) is 15.2. The van der Waals surface area contributed by atoms with Gasteiger partial charge in [0.1, 0.15) is 0 Å². The summed E-state index contributed by atoms with van der Waals surface area (Å²) in [5.74, 6) is 0. The van der Waals surface area contributed by atoms with Crippen LogP contribution in [0.5, 0.6) is 0 Å². The van der Waals surface area contributed by atoms with E-state index in [0.29, 0.717) is 0 Å². The number of benzene rings is 4. The van der Waals surface area contributed by atoms with Gasteiger partial charge in [-0.25, -0.2) is 0 Å². The van der Waals surface area contributed by atoms with E-state index >= 15 is 0 Å². The predicted molar refractivity (Wildman–Crippen MR) is 171 cm³/mol. The largest absolute Gasteiger partial charge is 0.508 e. The molecule has 43 heavy (non-hydrogen) atoms. The molecule has 0 fully saturated rings. The molecule has 0 N–H and O–H groups in total. The van der Waals surface area contributed by atoms with Gasteiger partial charge < -0.3 is 24.6 Å². The molecule has 6 heteroatoms. The number of hydrogen-bond acceptors (Lipinski definition) is 5. The molecule has 0 unspecified atom stereocenters. The van der Waals surface area contributed by atoms with E-state index in [1.807, 2.05) is 79.0 Å². The van der Waals surface area contributed by atoms with Crippen LogP contribution in [0.3, 0.4) is 0 Å². The Morgan fingerprint density at radius 2 is 1.12 bits per heavy atom. The van der Waals surface area contributed by atoms with Crippen molar-refractivity contribution in [2.75, 3.05) is 22.9 Å². The summed E-state index contributed by atoms with van der Waals surface area (Å²) in [6.45, 7) is 6.29. The first-order valence-corrected chi connectivity index (χ1v) is 14.2. The normalized spacial score (nSPS) is 13.7. The smallest absolute Gasteiger partial charge is 0.0239 e. The van der Waals surface area contributed by atoms with Gasteiger partial charge in [-0.1, -0.05) is 30.3 Å². The monoisotopic (exact) mass is 739 g/mol. The molecule has 2 aliphatic heterocycles. The standard InChI is InChI=1S/C22H22N4.C15H10N.Ir/c1-3-9-21(10-4-1)25-17-15-23(19-25)13-7-8-14-24-16-18-26(20-24)22-11-5-2-6-12-22;1-2-6-12(7-3-1)15-10-13-8-4-5-9-14(13)11-16-15;/h1-6,9,11,15-20H,7-8,13-14H2;1-6,8-11H;/q-4;-1;. The van der Waals surface area contributed by atoms with E-state index in [9.17, 15) is 0 Å². The first-order valence-electron chi connectivity index (χ1n) is 14.2. The number of anilines is 2. The second-order valence-corrected chi connectivity index (χ2v) is 10.0. The second-order valence-electron chi connectivity index (χ2n) is 10.0. The van der Waals surface area contributed by atoms with Crippen LogP contribution in [-0.4, -0.2) is 27.9 Å². The summed E-state index contributed by atoms with van der Waals surface area (Å²) in [6.07, 6.45) is 12.6. The summed E-state index contributed by atoms with van der Waals surface area (Å²) in [7, 11) is 0. The van der Waals surface area contributed by atoms with Crippen molar-refractivity contribution in [1.82, 2.24) is 14.8 Å². The van der Waals surface area contributed by atoms with E-state index in [0.717, 1.165) is 48.6 Å². The van der Waals surface area contributed by atoms with Crippen LogP contribution in [0.1, 0.15) is 12.8 Å². The zero-order chi connectivity index (χ0) is 28.4. The SMILES string of the molecule is [Ir].[c-]1ccccc1-c1cc2ccccc2cn1.[c-]1ccccc1N1C=CN(CCCCN2C=CN(c3[c-]cccc3)[CH-]2)[CH-]1. The van der Waals surface area contributed by atoms with Gasteiger partial charge in [0, 0.05) is 26.3 Å². The van der Waals surface area contributed by atoms with Crippen molar-refractivity contribution < 1.29 is 20.1 Å². The van der Waals surface area contributed by atoms with Crippen LogP contribution in [0.25, 0.3) is 22.0 Å². The van der Waals surface area contributed by atoms with Crippen molar-refractivity contribution in [3.05, 3.63) is 166 Å². The molecule has 0 atom stereocenters. The number of aromatic nitrogens is 1. The summed E-state index contributed by atoms with van der Waals surface area (Å²) in [4.78, 5) is 13.1. The van der Waals surface area contributed by atoms with Crippen LogP contribution in [0.4, 0.5) is 11.4 Å². The number of pyridine rings is 1. The van der Waals surface area contributed by atoms with E-state index < -0.39 is 0 Å². The van der Waals surface area contributed by atoms with Crippen LogP contribution >= 0.6 is 0 Å². The Balaban J connectivity index is 0.000000186. The van der Waals surface area contributed by atoms with Gasteiger partial charge in [0.15, 0.2) is 0 Å². The van der Waals surface area contributed by atoms with Gasteiger partial charge in [-0.3, -0.25) is 0 Å². The summed E-state index contributed by atoms with van der Waals surface area (Å²) >= 11 is 0. The molecule has 0 amide bonds. The van der Waals surface area contributed by atoms with E-state index in [1.165, 1.54) is 10.8 Å². The van der Waals surface area contributed by atoms with Crippen LogP contribution in [0.2, 0.25) is 0 Å². The van der Waals surface area contributed by atoms with Crippen molar-refractivity contribution >= 4 is 22.1 Å². The summed E-state index contributed by atoms with van der Waals surface area (Å²) < 4.78 is 0. The van der Waals surface area contributed by atoms with Crippen molar-refractivity contribution in [3.8, 4) is 11.3 Å². The van der Waals surface area contributed by atoms with Crippen LogP contribution in [-0.2, 0) is 20.1 Å². The zero-order valence-corrected chi connectivity index (χ0v) is 26.1. The number of rotatable bonds is 8. The molecular weight excluding hydrogens is 707 g/mol. The van der Waals surface area contributed by atoms with Gasteiger partial charge in [-0.05, 0) is 67.2 Å². The van der Waals surface area contributed by atoms with Gasteiger partial charge in [0.2, 0.25) is 0 Å². The quantitative estimate of drug-likeness (QED) is 0.119. The zero-order valence-electron chi connectivity index (χ0n) is 23.8. The molecule has 5 nitrogen and oxygen atoms in total. The molecule has 0 saturated heterocycles. The van der Waals surface area contributed by atoms with Crippen molar-refractivity contribution in [1.29, 1.82) is 0 Å². The van der Waals surface area contributed by atoms with Gasteiger partial charge in [-0.2, -0.15) is 74.0 Å². The molecule has 0 aliphatic carbocycles. The molecule has 5 aromatic rings. The molecular formula is C37H32IrN5-5. The molecule has 219 valence electrons. The minimum Gasteiger partial charge on any atom is -0.508 e. The minimum absolute atomic E-state index is 0.